The minimum Gasteiger partial charge on any atom is -0.463 e. The van der Waals surface area contributed by atoms with E-state index in [-0.39, 0.29) is 5.56 Å². The van der Waals surface area contributed by atoms with Gasteiger partial charge in [-0.1, -0.05) is 34.1 Å². The lowest BCUT2D eigenvalue weighted by molar-refractivity contribution is 0.579. The Morgan fingerprint density at radius 3 is 2.79 bits per heavy atom. The third kappa shape index (κ3) is 2.80. The third-order valence-corrected chi connectivity index (χ3v) is 4.67. The molecule has 0 atom stereocenters. The van der Waals surface area contributed by atoms with Crippen molar-refractivity contribution in [1.29, 1.82) is 0 Å². The Hall–Kier alpha value is -2.60. The van der Waals surface area contributed by atoms with E-state index in [2.05, 4.69) is 32.1 Å². The first kappa shape index (κ1) is 15.0. The topological polar surface area (TPSA) is 63.3 Å². The molecule has 4 rings (SSSR count). The molecule has 0 saturated carbocycles. The van der Waals surface area contributed by atoms with Crippen LogP contribution in [0.1, 0.15) is 11.3 Å². The second-order valence-corrected chi connectivity index (χ2v) is 6.37. The average Bonchev–Trinajstić information content (AvgIpc) is 3.23. The molecule has 0 fully saturated rings. The highest BCUT2D eigenvalue weighted by Gasteiger charge is 2.10. The van der Waals surface area contributed by atoms with Crippen molar-refractivity contribution in [2.45, 2.75) is 12.8 Å². The number of nitrogens with zero attached hydrogens (tertiary/aromatic N) is 2. The van der Waals surface area contributed by atoms with E-state index in [4.69, 9.17) is 4.42 Å². The molecule has 0 amide bonds. The first-order valence-electron chi connectivity index (χ1n) is 7.60. The van der Waals surface area contributed by atoms with E-state index in [1.165, 1.54) is 10.1 Å². The Kier molecular flexibility index (Phi) is 3.82. The summed E-state index contributed by atoms with van der Waals surface area (Å²) in [5, 5.41) is 3.02. The number of furan rings is 1. The predicted molar refractivity (Wildman–Crippen MR) is 95.1 cm³/mol. The molecule has 1 aromatic carbocycles. The number of hydrogen-bond donors (Lipinski definition) is 1. The summed E-state index contributed by atoms with van der Waals surface area (Å²) in [5.41, 5.74) is 3.18. The highest BCUT2D eigenvalue weighted by atomic mass is 79.9. The van der Waals surface area contributed by atoms with Crippen LogP contribution in [-0.4, -0.2) is 14.6 Å². The zero-order valence-electron chi connectivity index (χ0n) is 12.7. The van der Waals surface area contributed by atoms with E-state index in [1.54, 1.807) is 18.4 Å². The van der Waals surface area contributed by atoms with Crippen molar-refractivity contribution < 1.29 is 4.42 Å². The van der Waals surface area contributed by atoms with Crippen LogP contribution in [0.4, 0.5) is 0 Å². The molecule has 0 bridgehead atoms. The maximum absolute atomic E-state index is 12.3. The van der Waals surface area contributed by atoms with Gasteiger partial charge in [0.1, 0.15) is 5.69 Å². The third-order valence-electron chi connectivity index (χ3n) is 3.90. The molecule has 120 valence electrons. The Balaban J connectivity index is 1.65. The van der Waals surface area contributed by atoms with E-state index in [1.807, 2.05) is 30.3 Å². The summed E-state index contributed by atoms with van der Waals surface area (Å²) in [7, 11) is 0. The lowest BCUT2D eigenvalue weighted by Crippen LogP contribution is -2.15. The van der Waals surface area contributed by atoms with Crippen LogP contribution in [0.15, 0.2) is 68.5 Å². The Morgan fingerprint density at radius 1 is 1.12 bits per heavy atom. The summed E-state index contributed by atoms with van der Waals surface area (Å²) < 4.78 is 7.86. The number of aromatic amines is 1. The van der Waals surface area contributed by atoms with Gasteiger partial charge in [0, 0.05) is 22.3 Å². The summed E-state index contributed by atoms with van der Waals surface area (Å²) in [4.78, 5) is 16.9. The van der Waals surface area contributed by atoms with Crippen LogP contribution < -0.4 is 5.56 Å². The molecule has 0 saturated heterocycles. The van der Waals surface area contributed by atoms with Gasteiger partial charge in [0.05, 0.1) is 6.26 Å². The van der Waals surface area contributed by atoms with Gasteiger partial charge in [0.25, 0.3) is 5.56 Å². The molecular weight excluding hydrogens is 370 g/mol. The molecule has 0 aliphatic carbocycles. The fraction of sp³-hybridized carbons (Fsp3) is 0.111. The summed E-state index contributed by atoms with van der Waals surface area (Å²) in [6.07, 6.45) is 3.12. The van der Waals surface area contributed by atoms with Crippen LogP contribution in [0.3, 0.4) is 0 Å². The van der Waals surface area contributed by atoms with Crippen LogP contribution >= 0.6 is 15.9 Å². The van der Waals surface area contributed by atoms with Gasteiger partial charge in [-0.15, -0.1) is 0 Å². The van der Waals surface area contributed by atoms with Crippen LogP contribution in [0.25, 0.3) is 17.1 Å². The molecule has 5 nitrogen and oxygen atoms in total. The molecule has 4 aromatic rings. The predicted octanol–water partition coefficient (Wildman–Crippen LogP) is 3.83. The minimum atomic E-state index is -0.125. The van der Waals surface area contributed by atoms with Gasteiger partial charge in [0.2, 0.25) is 0 Å². The standard InChI is InChI=1S/C18H14BrN3O2/c19-14-5-2-1-4-12(14)7-8-13-10-18(23)22-17(20-13)11-15(21-22)16-6-3-9-24-16/h1-6,9-11,21H,7-8H2. The second kappa shape index (κ2) is 6.13. The van der Waals surface area contributed by atoms with Crippen molar-refractivity contribution >= 4 is 21.6 Å². The molecular formula is C18H14BrN3O2. The summed E-state index contributed by atoms with van der Waals surface area (Å²) in [6.45, 7) is 0. The highest BCUT2D eigenvalue weighted by Crippen LogP contribution is 2.20. The molecule has 0 radical (unpaired) electrons. The minimum absolute atomic E-state index is 0.125. The smallest absolute Gasteiger partial charge is 0.272 e. The van der Waals surface area contributed by atoms with Crippen molar-refractivity contribution in [3.63, 3.8) is 0 Å². The van der Waals surface area contributed by atoms with Crippen LogP contribution in [0.2, 0.25) is 0 Å². The molecule has 3 aromatic heterocycles. The van der Waals surface area contributed by atoms with E-state index < -0.39 is 0 Å². The summed E-state index contributed by atoms with van der Waals surface area (Å²) in [6, 6.07) is 15.1. The fourth-order valence-corrected chi connectivity index (χ4v) is 3.17. The largest absolute Gasteiger partial charge is 0.463 e. The molecule has 0 aliphatic rings. The van der Waals surface area contributed by atoms with Crippen molar-refractivity contribution in [3.8, 4) is 11.5 Å². The van der Waals surface area contributed by atoms with Crippen LogP contribution in [-0.2, 0) is 12.8 Å². The van der Waals surface area contributed by atoms with Gasteiger partial charge >= 0.3 is 0 Å². The lowest BCUT2D eigenvalue weighted by atomic mass is 10.1. The highest BCUT2D eigenvalue weighted by molar-refractivity contribution is 9.10. The van der Waals surface area contributed by atoms with Gasteiger partial charge in [-0.3, -0.25) is 9.89 Å². The van der Waals surface area contributed by atoms with E-state index in [9.17, 15) is 4.79 Å². The maximum Gasteiger partial charge on any atom is 0.272 e. The Labute approximate surface area is 146 Å². The Bertz CT molecular complexity index is 1050. The van der Waals surface area contributed by atoms with Gasteiger partial charge < -0.3 is 4.42 Å². The summed E-state index contributed by atoms with van der Waals surface area (Å²) in [5.74, 6) is 0.676. The van der Waals surface area contributed by atoms with Crippen LogP contribution in [0, 0.1) is 0 Å². The normalized spacial score (nSPS) is 11.2. The molecule has 0 spiro atoms. The average molecular weight is 384 g/mol. The second-order valence-electron chi connectivity index (χ2n) is 5.52. The number of rotatable bonds is 4. The van der Waals surface area contributed by atoms with Gasteiger partial charge in [-0.05, 0) is 36.6 Å². The molecule has 0 unspecified atom stereocenters. The van der Waals surface area contributed by atoms with Crippen LogP contribution in [0.5, 0.6) is 0 Å². The molecule has 3 heterocycles. The first-order chi connectivity index (χ1) is 11.7. The number of hydrogen-bond acceptors (Lipinski definition) is 3. The number of halogens is 1. The van der Waals surface area contributed by atoms with E-state index in [0.29, 0.717) is 17.8 Å². The van der Waals surface area contributed by atoms with Crippen molar-refractivity contribution in [2.75, 3.05) is 0 Å². The molecule has 0 aliphatic heterocycles. The molecule has 6 heteroatoms. The number of aryl methyl sites for hydroxylation is 2. The number of benzene rings is 1. The SMILES string of the molecule is O=c1cc(CCc2ccccc2Br)nc2cc(-c3ccco3)[nH]n12. The Morgan fingerprint density at radius 2 is 2.00 bits per heavy atom. The van der Waals surface area contributed by atoms with Gasteiger partial charge in [-0.2, -0.15) is 0 Å². The molecule has 1 N–H and O–H groups in total. The quantitative estimate of drug-likeness (QED) is 0.582. The first-order valence-corrected chi connectivity index (χ1v) is 8.39. The van der Waals surface area contributed by atoms with E-state index >= 15 is 0 Å². The zero-order valence-corrected chi connectivity index (χ0v) is 14.3. The summed E-state index contributed by atoms with van der Waals surface area (Å²) >= 11 is 3.55. The van der Waals surface area contributed by atoms with Gasteiger partial charge in [-0.25, -0.2) is 9.50 Å². The lowest BCUT2D eigenvalue weighted by Gasteiger charge is -2.04. The van der Waals surface area contributed by atoms with Crippen molar-refractivity contribution in [2.24, 2.45) is 0 Å². The number of nitrogens with one attached hydrogen (secondary N) is 1. The van der Waals surface area contributed by atoms with Crippen molar-refractivity contribution in [1.82, 2.24) is 14.6 Å². The fourth-order valence-electron chi connectivity index (χ4n) is 2.69. The number of fused-ring (bicyclic) bond motifs is 1. The van der Waals surface area contributed by atoms with Gasteiger partial charge in [0.15, 0.2) is 11.4 Å². The monoisotopic (exact) mass is 383 g/mol. The van der Waals surface area contributed by atoms with Crippen molar-refractivity contribution in [3.05, 3.63) is 80.9 Å². The molecule has 24 heavy (non-hydrogen) atoms. The van der Waals surface area contributed by atoms with E-state index in [0.717, 1.165) is 22.3 Å². The number of H-pyrrole nitrogens is 1. The number of aromatic nitrogens is 3. The maximum atomic E-state index is 12.3. The zero-order chi connectivity index (χ0) is 16.5.